The minimum absolute atomic E-state index is 0.00374. The molecule has 1 aromatic rings. The van der Waals surface area contributed by atoms with E-state index in [1.165, 1.54) is 19.1 Å². The molecular weight excluding hydrogens is 301 g/mol. The molecule has 0 unspecified atom stereocenters. The summed E-state index contributed by atoms with van der Waals surface area (Å²) in [4.78, 5) is 16.0. The van der Waals surface area contributed by atoms with E-state index in [0.717, 1.165) is 0 Å². The topological polar surface area (TPSA) is 93.0 Å². The number of carboxylic acid groups (broad SMARTS) is 1. The van der Waals surface area contributed by atoms with Gasteiger partial charge in [-0.15, -0.1) is 0 Å². The smallest absolute Gasteiger partial charge is 0.335 e. The summed E-state index contributed by atoms with van der Waals surface area (Å²) in [7, 11) is -3.47. The zero-order valence-corrected chi connectivity index (χ0v) is 12.1. The molecule has 21 heavy (non-hydrogen) atoms. The van der Waals surface area contributed by atoms with Crippen LogP contribution in [0.5, 0.6) is 0 Å². The van der Waals surface area contributed by atoms with Crippen molar-refractivity contribution in [1.29, 1.82) is 0 Å². The van der Waals surface area contributed by atoms with Gasteiger partial charge in [0.05, 0.1) is 21.9 Å². The summed E-state index contributed by atoms with van der Waals surface area (Å²) in [6.07, 6.45) is 0.103. The van der Waals surface area contributed by atoms with Crippen molar-refractivity contribution in [2.45, 2.75) is 18.2 Å². The Morgan fingerprint density at radius 2 is 2.19 bits per heavy atom. The lowest BCUT2D eigenvalue weighted by Crippen LogP contribution is -2.24. The quantitative estimate of drug-likeness (QED) is 0.672. The molecule has 1 aliphatic heterocycles. The fourth-order valence-corrected chi connectivity index (χ4v) is 3.79. The molecule has 2 rings (SSSR count). The molecule has 1 N–H and O–H groups in total. The fourth-order valence-electron chi connectivity index (χ4n) is 2.25. The highest BCUT2D eigenvalue weighted by Crippen LogP contribution is 2.30. The number of oxime groups is 1. The van der Waals surface area contributed by atoms with E-state index in [0.29, 0.717) is 11.3 Å². The van der Waals surface area contributed by atoms with Crippen LogP contribution in [0, 0.1) is 6.92 Å². The maximum Gasteiger partial charge on any atom is 0.335 e. The predicted octanol–water partition coefficient (Wildman–Crippen LogP) is 1.56. The second-order valence-electron chi connectivity index (χ2n) is 4.55. The van der Waals surface area contributed by atoms with Crippen LogP contribution in [-0.2, 0) is 14.7 Å². The molecule has 0 atom stereocenters. The lowest BCUT2D eigenvalue weighted by molar-refractivity contribution is 0.0696. The van der Waals surface area contributed by atoms with E-state index in [1.807, 2.05) is 0 Å². The maximum atomic E-state index is 12.1. The summed E-state index contributed by atoms with van der Waals surface area (Å²) in [5.74, 6) is -1.29. The van der Waals surface area contributed by atoms with Gasteiger partial charge >= 0.3 is 5.97 Å². The number of halogens is 1. The van der Waals surface area contributed by atoms with Crippen LogP contribution >= 0.6 is 0 Å². The molecule has 6 nitrogen and oxygen atoms in total. The van der Waals surface area contributed by atoms with Gasteiger partial charge in [0.2, 0.25) is 0 Å². The third-order valence-electron chi connectivity index (χ3n) is 3.23. The molecule has 1 aliphatic rings. The molecule has 0 saturated heterocycles. The van der Waals surface area contributed by atoms with Crippen molar-refractivity contribution in [3.63, 3.8) is 0 Å². The summed E-state index contributed by atoms with van der Waals surface area (Å²) < 4.78 is 36.2. The predicted molar refractivity (Wildman–Crippen MR) is 73.3 cm³/mol. The Labute approximate surface area is 121 Å². The molecule has 1 heterocycles. The number of alkyl halides is 1. The summed E-state index contributed by atoms with van der Waals surface area (Å²) in [6, 6.07) is 2.53. The van der Waals surface area contributed by atoms with Crippen LogP contribution < -0.4 is 0 Å². The van der Waals surface area contributed by atoms with Gasteiger partial charge in [-0.05, 0) is 24.6 Å². The number of fused-ring (bicyclic) bond motifs is 1. The molecule has 114 valence electrons. The van der Waals surface area contributed by atoms with Crippen molar-refractivity contribution in [2.75, 3.05) is 19.0 Å². The van der Waals surface area contributed by atoms with Crippen molar-refractivity contribution >= 4 is 21.5 Å². The van der Waals surface area contributed by atoms with Crippen molar-refractivity contribution in [3.8, 4) is 0 Å². The lowest BCUT2D eigenvalue weighted by Gasteiger charge is -2.21. The minimum Gasteiger partial charge on any atom is -0.478 e. The molecule has 0 fully saturated rings. The van der Waals surface area contributed by atoms with E-state index >= 15 is 0 Å². The molecule has 0 aliphatic carbocycles. The van der Waals surface area contributed by atoms with Crippen LogP contribution in [-0.4, -0.2) is 44.2 Å². The Morgan fingerprint density at radius 1 is 1.48 bits per heavy atom. The number of aromatic carboxylic acids is 1. The Bertz CT molecular complexity index is 712. The SMILES string of the molecule is Cc1c(C(=O)O)ccc2c1C(=NOCCF)CCS2(=O)=O. The van der Waals surface area contributed by atoms with Crippen molar-refractivity contribution in [2.24, 2.45) is 5.16 Å². The number of carboxylic acids is 1. The Morgan fingerprint density at radius 3 is 2.81 bits per heavy atom. The monoisotopic (exact) mass is 315 g/mol. The summed E-state index contributed by atoms with van der Waals surface area (Å²) in [5, 5.41) is 12.9. The first-order chi connectivity index (χ1) is 9.88. The number of nitrogens with zero attached hydrogens (tertiary/aromatic N) is 1. The van der Waals surface area contributed by atoms with Gasteiger partial charge in [-0.3, -0.25) is 0 Å². The van der Waals surface area contributed by atoms with E-state index in [1.54, 1.807) is 0 Å². The summed E-state index contributed by atoms with van der Waals surface area (Å²) in [5.41, 5.74) is 0.892. The largest absolute Gasteiger partial charge is 0.478 e. The normalized spacial score (nSPS) is 18.3. The zero-order valence-electron chi connectivity index (χ0n) is 11.3. The molecule has 0 saturated carbocycles. The summed E-state index contributed by atoms with van der Waals surface area (Å²) >= 11 is 0. The average molecular weight is 315 g/mol. The van der Waals surface area contributed by atoms with Gasteiger partial charge in [0.25, 0.3) is 0 Å². The number of rotatable bonds is 4. The van der Waals surface area contributed by atoms with Gasteiger partial charge in [-0.25, -0.2) is 17.6 Å². The zero-order chi connectivity index (χ0) is 15.6. The highest BCUT2D eigenvalue weighted by atomic mass is 32.2. The molecule has 8 heteroatoms. The van der Waals surface area contributed by atoms with Gasteiger partial charge in [0.1, 0.15) is 13.3 Å². The van der Waals surface area contributed by atoms with E-state index in [-0.39, 0.29) is 34.8 Å². The first kappa shape index (κ1) is 15.4. The third kappa shape index (κ3) is 2.90. The van der Waals surface area contributed by atoms with Crippen LogP contribution in [0.2, 0.25) is 0 Å². The number of benzene rings is 1. The number of hydrogen-bond acceptors (Lipinski definition) is 5. The highest BCUT2D eigenvalue weighted by Gasteiger charge is 2.31. The molecule has 0 radical (unpaired) electrons. The van der Waals surface area contributed by atoms with E-state index in [2.05, 4.69) is 5.16 Å². The Kier molecular flexibility index (Phi) is 4.26. The fraction of sp³-hybridized carbons (Fsp3) is 0.385. The van der Waals surface area contributed by atoms with Crippen LogP contribution in [0.3, 0.4) is 0 Å². The molecular formula is C13H14FNO5S. The highest BCUT2D eigenvalue weighted by molar-refractivity contribution is 7.91. The van der Waals surface area contributed by atoms with E-state index < -0.39 is 22.5 Å². The summed E-state index contributed by atoms with van der Waals surface area (Å²) in [6.45, 7) is 0.577. The third-order valence-corrected chi connectivity index (χ3v) is 4.98. The molecule has 1 aromatic carbocycles. The Balaban J connectivity index is 2.63. The number of hydrogen-bond donors (Lipinski definition) is 1. The second-order valence-corrected chi connectivity index (χ2v) is 6.62. The van der Waals surface area contributed by atoms with Gasteiger partial charge in [-0.2, -0.15) is 0 Å². The number of sulfone groups is 1. The van der Waals surface area contributed by atoms with Gasteiger partial charge in [0, 0.05) is 12.0 Å². The molecule has 0 amide bonds. The average Bonchev–Trinajstić information content (AvgIpc) is 2.41. The van der Waals surface area contributed by atoms with E-state index in [9.17, 15) is 17.6 Å². The molecule has 0 aromatic heterocycles. The Hall–Kier alpha value is -1.96. The molecule has 0 bridgehead atoms. The van der Waals surface area contributed by atoms with Crippen LogP contribution in [0.25, 0.3) is 0 Å². The van der Waals surface area contributed by atoms with Crippen molar-refractivity contribution < 1.29 is 27.5 Å². The lowest BCUT2D eigenvalue weighted by atomic mass is 9.97. The van der Waals surface area contributed by atoms with Crippen molar-refractivity contribution in [1.82, 2.24) is 0 Å². The standard InChI is InChI=1S/C13H14FNO5S/c1-8-9(13(16)17)2-3-11-12(8)10(15-20-6-5-14)4-7-21(11,18)19/h2-3H,4-7H2,1H3,(H,16,17). The second kappa shape index (κ2) is 5.80. The van der Waals surface area contributed by atoms with Gasteiger partial charge < -0.3 is 9.94 Å². The van der Waals surface area contributed by atoms with Crippen LogP contribution in [0.4, 0.5) is 4.39 Å². The van der Waals surface area contributed by atoms with Crippen LogP contribution in [0.15, 0.2) is 22.2 Å². The van der Waals surface area contributed by atoms with E-state index in [4.69, 9.17) is 9.94 Å². The first-order valence-electron chi connectivity index (χ1n) is 6.23. The molecule has 0 spiro atoms. The first-order valence-corrected chi connectivity index (χ1v) is 7.88. The van der Waals surface area contributed by atoms with Crippen LogP contribution in [0.1, 0.15) is 27.9 Å². The van der Waals surface area contributed by atoms with Crippen molar-refractivity contribution in [3.05, 3.63) is 28.8 Å². The maximum absolute atomic E-state index is 12.1. The number of carbonyl (C=O) groups is 1. The minimum atomic E-state index is -3.47. The van der Waals surface area contributed by atoms with Gasteiger partial charge in [-0.1, -0.05) is 5.16 Å². The van der Waals surface area contributed by atoms with Gasteiger partial charge in [0.15, 0.2) is 9.84 Å².